The van der Waals surface area contributed by atoms with Crippen molar-refractivity contribution in [3.8, 4) is 0 Å². The first-order valence-corrected chi connectivity index (χ1v) is 7.85. The molecule has 0 saturated carbocycles. The van der Waals surface area contributed by atoms with Crippen molar-refractivity contribution in [2.45, 2.75) is 19.8 Å². The Kier molecular flexibility index (Phi) is 16.2. The Labute approximate surface area is 137 Å². The van der Waals surface area contributed by atoms with Crippen LogP contribution in [0.5, 0.6) is 0 Å². The predicted octanol–water partition coefficient (Wildman–Crippen LogP) is 0.142. The summed E-state index contributed by atoms with van der Waals surface area (Å²) in [6, 6.07) is 0. The monoisotopic (exact) mass is 335 g/mol. The van der Waals surface area contributed by atoms with Crippen molar-refractivity contribution < 1.29 is 33.3 Å². The van der Waals surface area contributed by atoms with E-state index < -0.39 is 0 Å². The molecule has 0 aromatic carbocycles. The molecule has 1 N–H and O–H groups in total. The summed E-state index contributed by atoms with van der Waals surface area (Å²) in [5, 5.41) is 2.72. The van der Waals surface area contributed by atoms with E-state index >= 15 is 0 Å². The van der Waals surface area contributed by atoms with Gasteiger partial charge in [0, 0.05) is 13.0 Å². The molecule has 0 fully saturated rings. The average molecular weight is 335 g/mol. The second-order valence-electron chi connectivity index (χ2n) is 4.48. The van der Waals surface area contributed by atoms with Gasteiger partial charge in [-0.2, -0.15) is 0 Å². The topological polar surface area (TPSA) is 92.3 Å². The highest BCUT2D eigenvalue weighted by Gasteiger charge is 1.99. The number of esters is 1. The van der Waals surface area contributed by atoms with Crippen molar-refractivity contribution in [3.63, 3.8) is 0 Å². The molecule has 136 valence electrons. The first-order chi connectivity index (χ1) is 11.2. The smallest absolute Gasteiger partial charge is 0.307 e. The molecule has 8 heteroatoms. The Morgan fingerprint density at radius 2 is 1.26 bits per heavy atom. The van der Waals surface area contributed by atoms with Gasteiger partial charge in [-0.3, -0.25) is 9.59 Å². The number of nitrogens with one attached hydrogen (secondary N) is 1. The zero-order valence-corrected chi connectivity index (χ0v) is 14.1. The highest BCUT2D eigenvalue weighted by molar-refractivity contribution is 5.75. The lowest BCUT2D eigenvalue weighted by Crippen LogP contribution is -2.26. The maximum atomic E-state index is 10.9. The number of hydrogen-bond donors (Lipinski definition) is 1. The van der Waals surface area contributed by atoms with Crippen LogP contribution in [0.3, 0.4) is 0 Å². The minimum atomic E-state index is -0.283. The number of amides is 1. The van der Waals surface area contributed by atoms with Crippen LogP contribution in [-0.2, 0) is 33.3 Å². The van der Waals surface area contributed by atoms with Crippen LogP contribution in [0.4, 0.5) is 0 Å². The lowest BCUT2D eigenvalue weighted by Gasteiger charge is -2.07. The van der Waals surface area contributed by atoms with Crippen molar-refractivity contribution in [3.05, 3.63) is 0 Å². The van der Waals surface area contributed by atoms with Gasteiger partial charge in [-0.05, 0) is 0 Å². The Hall–Kier alpha value is -1.22. The summed E-state index contributed by atoms with van der Waals surface area (Å²) in [5.41, 5.74) is 0. The van der Waals surface area contributed by atoms with Gasteiger partial charge in [0.15, 0.2) is 0 Å². The van der Waals surface area contributed by atoms with Crippen LogP contribution in [0.2, 0.25) is 0 Å². The highest BCUT2D eigenvalue weighted by atomic mass is 16.6. The van der Waals surface area contributed by atoms with Gasteiger partial charge in [0.05, 0.1) is 66.4 Å². The largest absolute Gasteiger partial charge is 0.469 e. The van der Waals surface area contributed by atoms with Crippen LogP contribution < -0.4 is 5.32 Å². The molecule has 0 saturated heterocycles. The Balaban J connectivity index is 3.05. The number of carbonyl (C=O) groups excluding carboxylic acids is 2. The molecule has 0 spiro atoms. The highest BCUT2D eigenvalue weighted by Crippen LogP contribution is 1.87. The fourth-order valence-electron chi connectivity index (χ4n) is 1.41. The molecular formula is C15H29NO7. The molecule has 0 bridgehead atoms. The van der Waals surface area contributed by atoms with Crippen LogP contribution in [0.25, 0.3) is 0 Å². The average Bonchev–Trinajstić information content (AvgIpc) is 2.57. The maximum Gasteiger partial charge on any atom is 0.307 e. The molecule has 0 heterocycles. The normalized spacial score (nSPS) is 10.5. The van der Waals surface area contributed by atoms with Crippen molar-refractivity contribution in [1.82, 2.24) is 5.32 Å². The molecule has 0 aliphatic rings. The maximum absolute atomic E-state index is 10.9. The molecule has 0 unspecified atom stereocenters. The van der Waals surface area contributed by atoms with E-state index in [2.05, 4.69) is 10.1 Å². The second kappa shape index (κ2) is 17.1. The SMILES string of the molecule is CCC(=O)NCCOCCOCCOCCOCCC(=O)OC. The standard InChI is InChI=1S/C15H29NO7/c1-3-14(17)16-5-7-21-9-11-23-13-12-22-10-8-20-6-4-15(18)19-2/h3-13H2,1-2H3,(H,16,17). The van der Waals surface area contributed by atoms with Crippen LogP contribution in [0.1, 0.15) is 19.8 Å². The number of carbonyl (C=O) groups is 2. The summed E-state index contributed by atoms with van der Waals surface area (Å²) in [4.78, 5) is 21.7. The van der Waals surface area contributed by atoms with Crippen LogP contribution in [-0.4, -0.2) is 78.4 Å². The van der Waals surface area contributed by atoms with E-state index in [0.717, 1.165) is 0 Å². The van der Waals surface area contributed by atoms with Gasteiger partial charge in [-0.25, -0.2) is 0 Å². The van der Waals surface area contributed by atoms with E-state index in [9.17, 15) is 9.59 Å². The van der Waals surface area contributed by atoms with Gasteiger partial charge in [0.25, 0.3) is 0 Å². The van der Waals surface area contributed by atoms with E-state index in [0.29, 0.717) is 65.8 Å². The van der Waals surface area contributed by atoms with Gasteiger partial charge < -0.3 is 29.0 Å². The number of hydrogen-bond acceptors (Lipinski definition) is 7. The first kappa shape index (κ1) is 21.8. The number of methoxy groups -OCH3 is 1. The van der Waals surface area contributed by atoms with Gasteiger partial charge >= 0.3 is 5.97 Å². The molecular weight excluding hydrogens is 306 g/mol. The summed E-state index contributed by atoms with van der Waals surface area (Å²) in [7, 11) is 1.35. The van der Waals surface area contributed by atoms with Gasteiger partial charge in [-0.15, -0.1) is 0 Å². The predicted molar refractivity (Wildman–Crippen MR) is 83.2 cm³/mol. The minimum absolute atomic E-state index is 0.0243. The number of ether oxygens (including phenoxy) is 5. The molecule has 0 aliphatic heterocycles. The zero-order chi connectivity index (χ0) is 17.2. The molecule has 1 amide bonds. The summed E-state index contributed by atoms with van der Waals surface area (Å²) in [6.45, 7) is 5.97. The van der Waals surface area contributed by atoms with Crippen molar-refractivity contribution in [2.75, 3.05) is 66.5 Å². The molecule has 0 rings (SSSR count). The van der Waals surface area contributed by atoms with E-state index in [4.69, 9.17) is 18.9 Å². The summed E-state index contributed by atoms with van der Waals surface area (Å²) in [6.07, 6.45) is 0.737. The quantitative estimate of drug-likeness (QED) is 0.317. The van der Waals surface area contributed by atoms with Crippen molar-refractivity contribution >= 4 is 11.9 Å². The van der Waals surface area contributed by atoms with E-state index in [1.54, 1.807) is 6.92 Å². The molecule has 8 nitrogen and oxygen atoms in total. The fourth-order valence-corrected chi connectivity index (χ4v) is 1.41. The van der Waals surface area contributed by atoms with Crippen LogP contribution in [0, 0.1) is 0 Å². The van der Waals surface area contributed by atoms with E-state index in [-0.39, 0.29) is 18.3 Å². The summed E-state index contributed by atoms with van der Waals surface area (Å²) >= 11 is 0. The molecule has 0 aliphatic carbocycles. The molecule has 0 atom stereocenters. The third kappa shape index (κ3) is 17.0. The van der Waals surface area contributed by atoms with Gasteiger partial charge in [-0.1, -0.05) is 6.92 Å². The Morgan fingerprint density at radius 1 is 0.783 bits per heavy atom. The van der Waals surface area contributed by atoms with E-state index in [1.807, 2.05) is 0 Å². The van der Waals surface area contributed by atoms with Crippen LogP contribution >= 0.6 is 0 Å². The molecule has 0 radical (unpaired) electrons. The number of rotatable bonds is 16. The Bertz CT molecular complexity index is 272. The minimum Gasteiger partial charge on any atom is -0.469 e. The van der Waals surface area contributed by atoms with E-state index in [1.165, 1.54) is 7.11 Å². The lowest BCUT2D eigenvalue weighted by molar-refractivity contribution is -0.142. The summed E-state index contributed by atoms with van der Waals surface area (Å²) < 4.78 is 25.6. The van der Waals surface area contributed by atoms with Gasteiger partial charge in [0.1, 0.15) is 0 Å². The first-order valence-electron chi connectivity index (χ1n) is 7.85. The van der Waals surface area contributed by atoms with Crippen molar-refractivity contribution in [2.24, 2.45) is 0 Å². The third-order valence-corrected chi connectivity index (χ3v) is 2.68. The molecule has 0 aromatic rings. The zero-order valence-electron chi connectivity index (χ0n) is 14.1. The summed E-state index contributed by atoms with van der Waals surface area (Å²) in [5.74, 6) is -0.259. The fraction of sp³-hybridized carbons (Fsp3) is 0.867. The lowest BCUT2D eigenvalue weighted by atomic mass is 10.4. The second-order valence-corrected chi connectivity index (χ2v) is 4.48. The van der Waals surface area contributed by atoms with Crippen molar-refractivity contribution in [1.29, 1.82) is 0 Å². The molecule has 23 heavy (non-hydrogen) atoms. The van der Waals surface area contributed by atoms with Gasteiger partial charge in [0.2, 0.25) is 5.91 Å². The molecule has 0 aromatic heterocycles. The Morgan fingerprint density at radius 3 is 1.74 bits per heavy atom. The van der Waals surface area contributed by atoms with Crippen LogP contribution in [0.15, 0.2) is 0 Å². The third-order valence-electron chi connectivity index (χ3n) is 2.68.